The lowest BCUT2D eigenvalue weighted by atomic mass is 10.1. The summed E-state index contributed by atoms with van der Waals surface area (Å²) >= 11 is 0. The standard InChI is InChI=1S/C17H16N4O3/c18-12-6-4-11(5-7-14-19-8-2-9-20-14)16(22)15(12)21-17(23)13-3-1-10-24-13/h1-4,6,8-10,22H,5,7,18H2,(H,21,23). The fourth-order valence-corrected chi connectivity index (χ4v) is 2.27. The molecule has 0 aliphatic carbocycles. The first-order valence-electron chi connectivity index (χ1n) is 7.36. The predicted molar refractivity (Wildman–Crippen MR) is 88.6 cm³/mol. The van der Waals surface area contributed by atoms with E-state index >= 15 is 0 Å². The van der Waals surface area contributed by atoms with Crippen molar-refractivity contribution in [1.82, 2.24) is 9.97 Å². The highest BCUT2D eigenvalue weighted by molar-refractivity contribution is 6.05. The Morgan fingerprint density at radius 1 is 1.17 bits per heavy atom. The summed E-state index contributed by atoms with van der Waals surface area (Å²) in [5, 5.41) is 13.0. The number of phenolic OH excluding ortho intramolecular Hbond substituents is 1. The molecule has 0 atom stereocenters. The van der Waals surface area contributed by atoms with Gasteiger partial charge in [0.1, 0.15) is 17.3 Å². The predicted octanol–water partition coefficient (Wildman–Crippen LogP) is 2.39. The molecule has 4 N–H and O–H groups in total. The second kappa shape index (κ2) is 6.82. The van der Waals surface area contributed by atoms with E-state index in [1.54, 1.807) is 36.7 Å². The van der Waals surface area contributed by atoms with Gasteiger partial charge < -0.3 is 20.6 Å². The Kier molecular flexibility index (Phi) is 4.42. The summed E-state index contributed by atoms with van der Waals surface area (Å²) in [6, 6.07) is 8.23. The van der Waals surface area contributed by atoms with Crippen LogP contribution in [0.2, 0.25) is 0 Å². The summed E-state index contributed by atoms with van der Waals surface area (Å²) in [5.74, 6) is 0.267. The van der Waals surface area contributed by atoms with E-state index < -0.39 is 5.91 Å². The van der Waals surface area contributed by atoms with Gasteiger partial charge in [-0.15, -0.1) is 0 Å². The van der Waals surface area contributed by atoms with Gasteiger partial charge in [-0.1, -0.05) is 6.07 Å². The van der Waals surface area contributed by atoms with Crippen molar-refractivity contribution in [3.05, 3.63) is 66.1 Å². The third-order valence-electron chi connectivity index (χ3n) is 3.51. The van der Waals surface area contributed by atoms with Crippen LogP contribution in [0, 0.1) is 0 Å². The number of anilines is 2. The van der Waals surface area contributed by atoms with Gasteiger partial charge in [-0.25, -0.2) is 9.97 Å². The fraction of sp³-hybridized carbons (Fsp3) is 0.118. The number of carbonyl (C=O) groups is 1. The number of rotatable bonds is 5. The Morgan fingerprint density at radius 2 is 1.96 bits per heavy atom. The maximum Gasteiger partial charge on any atom is 0.291 e. The molecular weight excluding hydrogens is 308 g/mol. The average Bonchev–Trinajstić information content (AvgIpc) is 3.13. The zero-order valence-corrected chi connectivity index (χ0v) is 12.8. The molecule has 0 spiro atoms. The normalized spacial score (nSPS) is 10.5. The number of aromatic nitrogens is 2. The maximum absolute atomic E-state index is 12.1. The zero-order chi connectivity index (χ0) is 16.9. The number of aromatic hydroxyl groups is 1. The van der Waals surface area contributed by atoms with Crippen LogP contribution in [0.5, 0.6) is 5.75 Å². The van der Waals surface area contributed by atoms with Crippen LogP contribution >= 0.6 is 0 Å². The molecule has 2 aromatic heterocycles. The summed E-state index contributed by atoms with van der Waals surface area (Å²) in [4.78, 5) is 20.4. The molecular formula is C17H16N4O3. The third kappa shape index (κ3) is 3.35. The van der Waals surface area contributed by atoms with E-state index in [1.807, 2.05) is 0 Å². The molecule has 1 amide bonds. The van der Waals surface area contributed by atoms with Gasteiger partial charge in [-0.05, 0) is 36.2 Å². The van der Waals surface area contributed by atoms with Crippen molar-refractivity contribution in [3.63, 3.8) is 0 Å². The lowest BCUT2D eigenvalue weighted by molar-refractivity contribution is 0.0996. The van der Waals surface area contributed by atoms with Gasteiger partial charge in [-0.2, -0.15) is 0 Å². The van der Waals surface area contributed by atoms with E-state index in [-0.39, 0.29) is 22.9 Å². The number of nitrogens with zero attached hydrogens (tertiary/aromatic N) is 2. The second-order valence-electron chi connectivity index (χ2n) is 5.13. The van der Waals surface area contributed by atoms with Crippen molar-refractivity contribution in [1.29, 1.82) is 0 Å². The quantitative estimate of drug-likeness (QED) is 0.490. The number of amides is 1. The van der Waals surface area contributed by atoms with E-state index in [4.69, 9.17) is 10.2 Å². The molecule has 0 saturated heterocycles. The van der Waals surface area contributed by atoms with Crippen LogP contribution in [-0.2, 0) is 12.8 Å². The molecule has 24 heavy (non-hydrogen) atoms. The highest BCUT2D eigenvalue weighted by Gasteiger charge is 2.16. The van der Waals surface area contributed by atoms with Gasteiger partial charge in [-0.3, -0.25) is 4.79 Å². The molecule has 1 aromatic carbocycles. The minimum Gasteiger partial charge on any atom is -0.505 e. The van der Waals surface area contributed by atoms with E-state index in [9.17, 15) is 9.90 Å². The first-order chi connectivity index (χ1) is 11.6. The Bertz CT molecular complexity index is 833. The molecule has 2 heterocycles. The summed E-state index contributed by atoms with van der Waals surface area (Å²) in [5.41, 5.74) is 6.95. The number of hydrogen-bond donors (Lipinski definition) is 3. The Hall–Kier alpha value is -3.35. The smallest absolute Gasteiger partial charge is 0.291 e. The Morgan fingerprint density at radius 3 is 2.67 bits per heavy atom. The van der Waals surface area contributed by atoms with Crippen molar-refractivity contribution in [2.45, 2.75) is 12.8 Å². The molecule has 122 valence electrons. The van der Waals surface area contributed by atoms with Crippen molar-refractivity contribution in [2.24, 2.45) is 0 Å². The molecule has 0 unspecified atom stereocenters. The van der Waals surface area contributed by atoms with Gasteiger partial charge in [0.25, 0.3) is 5.91 Å². The lowest BCUT2D eigenvalue weighted by Crippen LogP contribution is -2.13. The van der Waals surface area contributed by atoms with Crippen molar-refractivity contribution in [2.75, 3.05) is 11.1 Å². The van der Waals surface area contributed by atoms with Crippen molar-refractivity contribution >= 4 is 17.3 Å². The molecule has 7 nitrogen and oxygen atoms in total. The highest BCUT2D eigenvalue weighted by atomic mass is 16.3. The molecule has 3 rings (SSSR count). The van der Waals surface area contributed by atoms with Crippen LogP contribution in [0.1, 0.15) is 21.9 Å². The van der Waals surface area contributed by atoms with Gasteiger partial charge in [0.05, 0.1) is 12.0 Å². The largest absolute Gasteiger partial charge is 0.505 e. The summed E-state index contributed by atoms with van der Waals surface area (Å²) in [7, 11) is 0. The van der Waals surface area contributed by atoms with E-state index in [0.717, 1.165) is 0 Å². The molecule has 0 aliphatic rings. The SMILES string of the molecule is Nc1ccc(CCc2ncccn2)c(O)c1NC(=O)c1ccco1. The number of hydrogen-bond acceptors (Lipinski definition) is 6. The number of aryl methyl sites for hydroxylation is 2. The zero-order valence-electron chi connectivity index (χ0n) is 12.8. The number of nitrogens with two attached hydrogens (primary N) is 1. The van der Waals surface area contributed by atoms with Crippen LogP contribution in [0.4, 0.5) is 11.4 Å². The first kappa shape index (κ1) is 15.5. The molecule has 0 radical (unpaired) electrons. The minimum atomic E-state index is -0.481. The van der Waals surface area contributed by atoms with Crippen molar-refractivity contribution < 1.29 is 14.3 Å². The number of furan rings is 1. The maximum atomic E-state index is 12.1. The molecule has 7 heteroatoms. The molecule has 0 saturated carbocycles. The second-order valence-corrected chi connectivity index (χ2v) is 5.13. The van der Waals surface area contributed by atoms with E-state index in [0.29, 0.717) is 24.2 Å². The number of nitrogen functional groups attached to an aromatic ring is 1. The molecule has 0 bridgehead atoms. The van der Waals surface area contributed by atoms with Gasteiger partial charge >= 0.3 is 0 Å². The topological polar surface area (TPSA) is 114 Å². The third-order valence-corrected chi connectivity index (χ3v) is 3.51. The fourth-order valence-electron chi connectivity index (χ4n) is 2.27. The minimum absolute atomic E-state index is 0.0640. The van der Waals surface area contributed by atoms with Gasteiger partial charge in [0, 0.05) is 18.8 Å². The van der Waals surface area contributed by atoms with Crippen LogP contribution in [0.3, 0.4) is 0 Å². The van der Waals surface area contributed by atoms with E-state index in [1.165, 1.54) is 12.3 Å². The lowest BCUT2D eigenvalue weighted by Gasteiger charge is -2.13. The molecule has 0 aliphatic heterocycles. The van der Waals surface area contributed by atoms with Gasteiger partial charge in [0.2, 0.25) is 0 Å². The van der Waals surface area contributed by atoms with Crippen LogP contribution in [0.25, 0.3) is 0 Å². The Labute approximate surface area is 138 Å². The molecule has 3 aromatic rings. The number of phenols is 1. The Balaban J connectivity index is 1.78. The number of benzene rings is 1. The van der Waals surface area contributed by atoms with Crippen LogP contribution < -0.4 is 11.1 Å². The molecule has 0 fully saturated rings. The number of carbonyl (C=O) groups excluding carboxylic acids is 1. The van der Waals surface area contributed by atoms with Crippen molar-refractivity contribution in [3.8, 4) is 5.75 Å². The highest BCUT2D eigenvalue weighted by Crippen LogP contribution is 2.34. The van der Waals surface area contributed by atoms with E-state index in [2.05, 4.69) is 15.3 Å². The summed E-state index contributed by atoms with van der Waals surface area (Å²) in [6.45, 7) is 0. The van der Waals surface area contributed by atoms with Crippen LogP contribution in [0.15, 0.2) is 53.4 Å². The average molecular weight is 324 g/mol. The van der Waals surface area contributed by atoms with Crippen LogP contribution in [-0.4, -0.2) is 21.0 Å². The monoisotopic (exact) mass is 324 g/mol. The summed E-state index contributed by atoms with van der Waals surface area (Å²) < 4.78 is 5.03. The summed E-state index contributed by atoms with van der Waals surface area (Å²) in [6.07, 6.45) is 5.80. The van der Waals surface area contributed by atoms with Gasteiger partial charge in [0.15, 0.2) is 5.76 Å². The first-order valence-corrected chi connectivity index (χ1v) is 7.36. The number of nitrogens with one attached hydrogen (secondary N) is 1.